The van der Waals surface area contributed by atoms with Crippen LogP contribution in [-0.4, -0.2) is 87.4 Å². The molecule has 0 saturated heterocycles. The number of carbonyl (C=O) groups excluding carboxylic acids is 2. The fourth-order valence-corrected chi connectivity index (χ4v) is 6.53. The first kappa shape index (κ1) is 66.2. The third kappa shape index (κ3) is 52.8. The number of allylic oxidation sites excluding steroid dienone is 23. The van der Waals surface area contributed by atoms with E-state index in [-0.39, 0.29) is 32.7 Å². The van der Waals surface area contributed by atoms with Gasteiger partial charge in [0.2, 0.25) is 0 Å². The molecule has 0 heterocycles. The van der Waals surface area contributed by atoms with Crippen molar-refractivity contribution in [2.24, 2.45) is 0 Å². The first-order valence-electron chi connectivity index (χ1n) is 27.0. The quantitative estimate of drug-likeness (QED) is 0.0211. The average Bonchev–Trinajstić information content (AvgIpc) is 3.34. The number of aliphatic carboxylic acids is 1. The van der Waals surface area contributed by atoms with E-state index < -0.39 is 30.3 Å². The molecule has 0 saturated carbocycles. The summed E-state index contributed by atoms with van der Waals surface area (Å²) < 4.78 is 22.7. The first-order valence-corrected chi connectivity index (χ1v) is 27.0. The van der Waals surface area contributed by atoms with Crippen LogP contribution in [0.25, 0.3) is 0 Å². The van der Waals surface area contributed by atoms with Crippen LogP contribution in [0.2, 0.25) is 0 Å². The van der Waals surface area contributed by atoms with Crippen molar-refractivity contribution in [3.63, 3.8) is 0 Å². The van der Waals surface area contributed by atoms with Gasteiger partial charge in [-0.25, -0.2) is 4.79 Å². The molecular formula is C62H98NO8+. The predicted molar refractivity (Wildman–Crippen MR) is 299 cm³/mol. The maximum absolute atomic E-state index is 12.8. The van der Waals surface area contributed by atoms with Crippen molar-refractivity contribution >= 4 is 17.9 Å². The van der Waals surface area contributed by atoms with Crippen molar-refractivity contribution in [3.05, 3.63) is 146 Å². The van der Waals surface area contributed by atoms with Crippen LogP contribution < -0.4 is 0 Å². The molecule has 0 radical (unpaired) electrons. The molecule has 1 N–H and O–H groups in total. The summed E-state index contributed by atoms with van der Waals surface area (Å²) in [7, 11) is 5.92. The number of ether oxygens (including phenoxy) is 4. The number of carboxylic acids is 1. The van der Waals surface area contributed by atoms with Gasteiger partial charge < -0.3 is 28.5 Å². The van der Waals surface area contributed by atoms with Gasteiger partial charge in [-0.1, -0.05) is 205 Å². The molecule has 0 aromatic rings. The maximum atomic E-state index is 12.8. The van der Waals surface area contributed by atoms with Crippen LogP contribution in [0, 0.1) is 0 Å². The van der Waals surface area contributed by atoms with Crippen LogP contribution in [-0.2, 0) is 33.3 Å². The molecule has 0 aliphatic rings. The monoisotopic (exact) mass is 985 g/mol. The summed E-state index contributed by atoms with van der Waals surface area (Å²) in [4.78, 5) is 37.2. The number of hydrogen-bond donors (Lipinski definition) is 1. The Morgan fingerprint density at radius 3 is 1.20 bits per heavy atom. The first-order chi connectivity index (χ1) is 34.6. The SMILES string of the molecule is CC/C=C\C/C=C\C/C=C\C/C=C\C/C=C\C/C=C\C/C=C\CCCCCCCCCCCC(=O)OC(COC(=O)C/C=C\C/C=C\C/C=C\C/C=C\C/C=C\CC)COC(OCC[N+](C)(C)C)C(=O)O. The second-order valence-electron chi connectivity index (χ2n) is 18.4. The summed E-state index contributed by atoms with van der Waals surface area (Å²) in [6.07, 6.45) is 72.4. The molecule has 2 atom stereocenters. The van der Waals surface area contributed by atoms with Crippen molar-refractivity contribution < 1.29 is 42.9 Å². The summed E-state index contributed by atoms with van der Waals surface area (Å²) in [6, 6.07) is 0. The summed E-state index contributed by atoms with van der Waals surface area (Å²) >= 11 is 0. The Morgan fingerprint density at radius 1 is 0.437 bits per heavy atom. The number of carbonyl (C=O) groups is 3. The highest BCUT2D eigenvalue weighted by atomic mass is 16.7. The molecule has 0 spiro atoms. The standard InChI is InChI=1S/C62H97NO8/c1-6-8-10-12-14-16-18-20-22-23-24-25-26-27-28-29-30-31-32-33-34-35-36-37-39-41-43-45-47-49-51-53-60(65)71-58(57-70-62(61(66)67)68-55-54-63(3,4)5)56-69-59(64)52-50-48-46-44-42-40-38-21-19-17-15-13-11-9-7-2/h8-11,14-17,20-22,24-25,27-28,30-31,33-34,38,42,44,48,50,58,62H,6-7,12-13,18-19,23,26,29,32,35-37,39-41,43,45-47,49,51-57H2,1-5H3/p+1/b10-8-,11-9-,16-14-,17-15-,22-20-,25-24-,28-27-,31-30-,34-33-,38-21-,44-42-,50-48-. The lowest BCUT2D eigenvalue weighted by Gasteiger charge is -2.25. The average molecular weight is 985 g/mol. The van der Waals surface area contributed by atoms with Gasteiger partial charge in [0.25, 0.3) is 6.29 Å². The zero-order valence-electron chi connectivity index (χ0n) is 45.1. The normalized spacial score (nSPS) is 14.0. The van der Waals surface area contributed by atoms with Gasteiger partial charge in [0, 0.05) is 6.42 Å². The lowest BCUT2D eigenvalue weighted by molar-refractivity contribution is -0.870. The second kappa shape index (κ2) is 51.5. The van der Waals surface area contributed by atoms with Crippen LogP contribution in [0.5, 0.6) is 0 Å². The van der Waals surface area contributed by atoms with E-state index in [0.717, 1.165) is 96.3 Å². The van der Waals surface area contributed by atoms with Crippen LogP contribution in [0.1, 0.15) is 168 Å². The van der Waals surface area contributed by atoms with Gasteiger partial charge in [0.05, 0.1) is 40.8 Å². The van der Waals surface area contributed by atoms with Gasteiger partial charge in [-0.15, -0.1) is 0 Å². The molecule has 0 aromatic carbocycles. The van der Waals surface area contributed by atoms with Crippen LogP contribution in [0.15, 0.2) is 146 Å². The molecule has 71 heavy (non-hydrogen) atoms. The Labute approximate surface area is 432 Å². The molecular weight excluding hydrogens is 887 g/mol. The number of nitrogens with zero attached hydrogens (tertiary/aromatic N) is 1. The lowest BCUT2D eigenvalue weighted by atomic mass is 10.1. The molecule has 0 bridgehead atoms. The van der Waals surface area contributed by atoms with Gasteiger partial charge in [-0.05, 0) is 96.3 Å². The van der Waals surface area contributed by atoms with E-state index in [1.807, 2.05) is 33.3 Å². The molecule has 0 rings (SSSR count). The molecule has 9 nitrogen and oxygen atoms in total. The minimum atomic E-state index is -1.54. The second-order valence-corrected chi connectivity index (χ2v) is 18.4. The summed E-state index contributed by atoms with van der Waals surface area (Å²) in [5.74, 6) is -2.20. The zero-order chi connectivity index (χ0) is 52.0. The van der Waals surface area contributed by atoms with Gasteiger partial charge in [-0.2, -0.15) is 0 Å². The summed E-state index contributed by atoms with van der Waals surface area (Å²) in [5.41, 5.74) is 0. The largest absolute Gasteiger partial charge is 0.477 e. The van der Waals surface area contributed by atoms with Crippen LogP contribution in [0.4, 0.5) is 0 Å². The van der Waals surface area contributed by atoms with Crippen LogP contribution >= 0.6 is 0 Å². The van der Waals surface area contributed by atoms with Gasteiger partial charge >= 0.3 is 17.9 Å². The Hall–Kier alpha value is -4.83. The number of carboxylic acid groups (broad SMARTS) is 1. The predicted octanol–water partition coefficient (Wildman–Crippen LogP) is 15.7. The maximum Gasteiger partial charge on any atom is 0.361 e. The zero-order valence-corrected chi connectivity index (χ0v) is 45.1. The minimum Gasteiger partial charge on any atom is -0.477 e. The number of quaternary nitrogens is 1. The Bertz CT molecular complexity index is 1670. The molecule has 398 valence electrons. The van der Waals surface area contributed by atoms with Gasteiger partial charge in [-0.3, -0.25) is 9.59 Å². The molecule has 2 unspecified atom stereocenters. The number of hydrogen-bond acceptors (Lipinski definition) is 7. The van der Waals surface area contributed by atoms with E-state index in [0.29, 0.717) is 23.9 Å². The molecule has 0 aromatic heterocycles. The molecule has 0 fully saturated rings. The van der Waals surface area contributed by atoms with E-state index in [1.165, 1.54) is 32.1 Å². The highest BCUT2D eigenvalue weighted by molar-refractivity contribution is 5.72. The number of esters is 2. The Balaban J connectivity index is 4.36. The van der Waals surface area contributed by atoms with Crippen molar-refractivity contribution in [1.29, 1.82) is 0 Å². The fraction of sp³-hybridized carbons (Fsp3) is 0.565. The van der Waals surface area contributed by atoms with Crippen molar-refractivity contribution in [1.82, 2.24) is 0 Å². The lowest BCUT2D eigenvalue weighted by Crippen LogP contribution is -2.40. The van der Waals surface area contributed by atoms with E-state index in [9.17, 15) is 19.5 Å². The van der Waals surface area contributed by atoms with Crippen LogP contribution in [0.3, 0.4) is 0 Å². The van der Waals surface area contributed by atoms with E-state index in [4.69, 9.17) is 18.9 Å². The summed E-state index contributed by atoms with van der Waals surface area (Å²) in [5, 5.41) is 9.67. The number of likely N-dealkylation sites (N-methyl/N-ethyl adjacent to an activating group) is 1. The number of rotatable bonds is 47. The smallest absolute Gasteiger partial charge is 0.361 e. The molecule has 0 aliphatic carbocycles. The fourth-order valence-electron chi connectivity index (χ4n) is 6.53. The third-order valence-corrected chi connectivity index (χ3v) is 10.6. The van der Waals surface area contributed by atoms with E-state index >= 15 is 0 Å². The molecule has 0 aliphatic heterocycles. The van der Waals surface area contributed by atoms with Crippen molar-refractivity contribution in [2.75, 3.05) is 47.5 Å². The van der Waals surface area contributed by atoms with E-state index in [2.05, 4.69) is 141 Å². The van der Waals surface area contributed by atoms with Gasteiger partial charge in [0.15, 0.2) is 6.10 Å². The highest BCUT2D eigenvalue weighted by Crippen LogP contribution is 2.13. The number of unbranched alkanes of at least 4 members (excludes halogenated alkanes) is 9. The molecule has 0 amide bonds. The van der Waals surface area contributed by atoms with E-state index in [1.54, 1.807) is 6.08 Å². The Morgan fingerprint density at radius 2 is 0.803 bits per heavy atom. The van der Waals surface area contributed by atoms with Crippen molar-refractivity contribution in [3.8, 4) is 0 Å². The minimum absolute atomic E-state index is 0.0601. The summed E-state index contributed by atoms with van der Waals surface area (Å²) in [6.45, 7) is 4.49. The van der Waals surface area contributed by atoms with Crippen molar-refractivity contribution in [2.45, 2.75) is 180 Å². The highest BCUT2D eigenvalue weighted by Gasteiger charge is 2.25. The molecule has 9 heteroatoms. The Kier molecular flexibility index (Phi) is 48.0. The topological polar surface area (TPSA) is 108 Å². The van der Waals surface area contributed by atoms with Gasteiger partial charge in [0.1, 0.15) is 13.2 Å². The third-order valence-electron chi connectivity index (χ3n) is 10.6.